The first-order valence-corrected chi connectivity index (χ1v) is 10.6. The monoisotopic (exact) mass is 432 g/mol. The first-order chi connectivity index (χ1) is 14.3. The third-order valence-corrected chi connectivity index (χ3v) is 5.89. The highest BCUT2D eigenvalue weighted by molar-refractivity contribution is 8.00. The molecule has 0 spiro atoms. The summed E-state index contributed by atoms with van der Waals surface area (Å²) in [6.07, 6.45) is 4.63. The predicted octanol–water partition coefficient (Wildman–Crippen LogP) is 1.24. The largest absolute Gasteiger partial charge is 0.595 e. The Labute approximate surface area is 177 Å². The summed E-state index contributed by atoms with van der Waals surface area (Å²) in [5.41, 5.74) is 3.38. The van der Waals surface area contributed by atoms with E-state index >= 15 is 0 Å². The number of benzene rings is 1. The van der Waals surface area contributed by atoms with Crippen LogP contribution in [0.3, 0.4) is 0 Å². The average Bonchev–Trinajstić information content (AvgIpc) is 3.24. The number of thioether (sulfide) groups is 1. The number of aromatic nitrogens is 2. The molecule has 1 aromatic carbocycles. The number of nitrogens with one attached hydrogen (secondary N) is 2. The second-order valence-electron chi connectivity index (χ2n) is 7.11. The number of carboxylic acids is 1. The molecule has 30 heavy (non-hydrogen) atoms. The number of para-hydroxylation sites is 2. The predicted molar refractivity (Wildman–Crippen MR) is 112 cm³/mol. The van der Waals surface area contributed by atoms with E-state index in [2.05, 4.69) is 10.4 Å². The number of aryl methyl sites for hydroxylation is 1. The van der Waals surface area contributed by atoms with E-state index in [1.165, 1.54) is 0 Å². The van der Waals surface area contributed by atoms with Crippen molar-refractivity contribution >= 4 is 29.3 Å². The second kappa shape index (κ2) is 9.43. The molecule has 0 aliphatic heterocycles. The Morgan fingerprint density at radius 3 is 2.73 bits per heavy atom. The smallest absolute Gasteiger partial charge is 0.313 e. The van der Waals surface area contributed by atoms with Gasteiger partial charge in [0.2, 0.25) is 5.91 Å². The number of carboxylic acid groups (broad SMARTS) is 1. The van der Waals surface area contributed by atoms with E-state index in [-0.39, 0.29) is 35.1 Å². The van der Waals surface area contributed by atoms with Crippen LogP contribution >= 0.6 is 11.8 Å². The van der Waals surface area contributed by atoms with Crippen LogP contribution in [-0.2, 0) is 9.59 Å². The van der Waals surface area contributed by atoms with E-state index in [4.69, 9.17) is 5.11 Å². The zero-order valence-corrected chi connectivity index (χ0v) is 17.5. The van der Waals surface area contributed by atoms with E-state index in [1.54, 1.807) is 28.9 Å². The van der Waals surface area contributed by atoms with Crippen molar-refractivity contribution < 1.29 is 25.1 Å². The second-order valence-corrected chi connectivity index (χ2v) is 8.09. The minimum atomic E-state index is -1.01. The van der Waals surface area contributed by atoms with Gasteiger partial charge in [-0.05, 0) is 26.3 Å². The molecule has 1 aromatic heterocycles. The average molecular weight is 433 g/mol. The first kappa shape index (κ1) is 22.0. The molecule has 0 saturated carbocycles. The SMILES string of the molecule is Cc1nn(-c2ccccc2[NH+]([O-])O)c(C)c1C1C=CC(NC(=O)CSCC(=O)O)C1. The lowest BCUT2D eigenvalue weighted by atomic mass is 9.96. The summed E-state index contributed by atoms with van der Waals surface area (Å²) in [4.78, 5) is 22.6. The Balaban J connectivity index is 1.72. The van der Waals surface area contributed by atoms with E-state index in [0.717, 1.165) is 28.7 Å². The number of carbonyl (C=O) groups is 2. The molecule has 0 radical (unpaired) electrons. The number of quaternary nitrogens is 1. The van der Waals surface area contributed by atoms with Crippen molar-refractivity contribution in [3.05, 3.63) is 58.6 Å². The lowest BCUT2D eigenvalue weighted by Crippen LogP contribution is -2.99. The molecule has 1 aliphatic carbocycles. The van der Waals surface area contributed by atoms with Gasteiger partial charge in [0, 0.05) is 29.3 Å². The summed E-state index contributed by atoms with van der Waals surface area (Å²) in [6.45, 7) is 3.81. The molecule has 160 valence electrons. The fraction of sp³-hybridized carbons (Fsp3) is 0.350. The fourth-order valence-corrected chi connectivity index (χ4v) is 4.31. The maximum absolute atomic E-state index is 12.0. The Hall–Kier alpha value is -2.66. The minimum Gasteiger partial charge on any atom is -0.595 e. The zero-order valence-electron chi connectivity index (χ0n) is 16.7. The van der Waals surface area contributed by atoms with Gasteiger partial charge in [0.1, 0.15) is 5.69 Å². The Morgan fingerprint density at radius 1 is 1.30 bits per heavy atom. The van der Waals surface area contributed by atoms with Gasteiger partial charge in [0.15, 0.2) is 5.69 Å². The van der Waals surface area contributed by atoms with E-state index in [1.807, 2.05) is 26.0 Å². The maximum Gasteiger partial charge on any atom is 0.313 e. The number of amides is 1. The molecule has 3 atom stereocenters. The zero-order chi connectivity index (χ0) is 21.8. The van der Waals surface area contributed by atoms with Crippen LogP contribution in [0.5, 0.6) is 0 Å². The summed E-state index contributed by atoms with van der Waals surface area (Å²) >= 11 is 1.06. The van der Waals surface area contributed by atoms with Gasteiger partial charge in [-0.15, -0.1) is 11.8 Å². The Morgan fingerprint density at radius 2 is 2.03 bits per heavy atom. The van der Waals surface area contributed by atoms with Crippen molar-refractivity contribution in [1.29, 1.82) is 0 Å². The van der Waals surface area contributed by atoms with Crippen molar-refractivity contribution in [2.75, 3.05) is 11.5 Å². The first-order valence-electron chi connectivity index (χ1n) is 9.44. The lowest BCUT2D eigenvalue weighted by Gasteiger charge is -2.17. The van der Waals surface area contributed by atoms with Gasteiger partial charge in [-0.1, -0.05) is 24.3 Å². The number of aliphatic carboxylic acids is 1. The fourth-order valence-electron chi connectivity index (χ4n) is 3.76. The standard InChI is InChI=1S/C20H24N4O5S/c1-12-20(13(2)23(22-12)16-5-3-4-6-17(16)24(28)29)14-7-8-15(9-14)21-18(25)10-30-11-19(26)27/h3-8,14-15,24,28H,9-11H2,1-2H3,(H,21,25)(H,26,27). The van der Waals surface area contributed by atoms with Crippen molar-refractivity contribution in [3.8, 4) is 5.69 Å². The molecule has 1 amide bonds. The highest BCUT2D eigenvalue weighted by Crippen LogP contribution is 2.34. The maximum atomic E-state index is 12.0. The van der Waals surface area contributed by atoms with Crippen LogP contribution in [0.25, 0.3) is 5.69 Å². The quantitative estimate of drug-likeness (QED) is 0.364. The molecule has 2 aromatic rings. The molecule has 1 heterocycles. The van der Waals surface area contributed by atoms with E-state index < -0.39 is 11.2 Å². The van der Waals surface area contributed by atoms with Gasteiger partial charge < -0.3 is 15.6 Å². The van der Waals surface area contributed by atoms with Crippen LogP contribution in [0.4, 0.5) is 5.69 Å². The molecule has 0 bridgehead atoms. The number of rotatable bonds is 8. The topological polar surface area (TPSA) is 132 Å². The van der Waals surface area contributed by atoms with Crippen LogP contribution in [0.1, 0.15) is 29.3 Å². The molecule has 3 unspecified atom stereocenters. The van der Waals surface area contributed by atoms with Crippen LogP contribution in [-0.4, -0.2) is 49.5 Å². The number of carbonyl (C=O) groups excluding carboxylic acids is 1. The number of nitrogens with zero attached hydrogens (tertiary/aromatic N) is 2. The molecule has 0 saturated heterocycles. The molecular weight excluding hydrogens is 408 g/mol. The van der Waals surface area contributed by atoms with Crippen molar-refractivity contribution in [2.45, 2.75) is 32.2 Å². The third-order valence-electron chi connectivity index (χ3n) is 4.97. The highest BCUT2D eigenvalue weighted by Gasteiger charge is 2.27. The van der Waals surface area contributed by atoms with Crippen LogP contribution in [0.15, 0.2) is 36.4 Å². The highest BCUT2D eigenvalue weighted by atomic mass is 32.2. The molecule has 0 fully saturated rings. The molecule has 4 N–H and O–H groups in total. The number of allylic oxidation sites excluding steroid dienone is 1. The van der Waals surface area contributed by atoms with E-state index in [0.29, 0.717) is 12.1 Å². The van der Waals surface area contributed by atoms with Gasteiger partial charge in [-0.2, -0.15) is 10.3 Å². The Bertz CT molecular complexity index is 972. The van der Waals surface area contributed by atoms with Crippen LogP contribution < -0.4 is 10.5 Å². The van der Waals surface area contributed by atoms with Crippen LogP contribution in [0, 0.1) is 19.1 Å². The molecule has 3 rings (SSSR count). The van der Waals surface area contributed by atoms with Crippen molar-refractivity contribution in [1.82, 2.24) is 15.1 Å². The lowest BCUT2D eigenvalue weighted by molar-refractivity contribution is -0.991. The molecule has 9 nitrogen and oxygen atoms in total. The van der Waals surface area contributed by atoms with Gasteiger partial charge >= 0.3 is 5.97 Å². The van der Waals surface area contributed by atoms with Gasteiger partial charge in [0.05, 0.1) is 17.2 Å². The van der Waals surface area contributed by atoms with Crippen molar-refractivity contribution in [2.24, 2.45) is 0 Å². The summed E-state index contributed by atoms with van der Waals surface area (Å²) in [6, 6.07) is 6.61. The van der Waals surface area contributed by atoms with Crippen LogP contribution in [0.2, 0.25) is 0 Å². The number of hydrogen-bond acceptors (Lipinski definition) is 6. The Kier molecular flexibility index (Phi) is 6.93. The number of hydrogen-bond donors (Lipinski definition) is 4. The van der Waals surface area contributed by atoms with Gasteiger partial charge in [0.25, 0.3) is 0 Å². The minimum absolute atomic E-state index is 0.0488. The summed E-state index contributed by atoms with van der Waals surface area (Å²) in [5.74, 6) is -1.10. The third kappa shape index (κ3) is 4.90. The normalized spacial score (nSPS) is 19.1. The summed E-state index contributed by atoms with van der Waals surface area (Å²) in [7, 11) is 0. The van der Waals surface area contributed by atoms with Crippen molar-refractivity contribution in [3.63, 3.8) is 0 Å². The molecule has 1 aliphatic rings. The summed E-state index contributed by atoms with van der Waals surface area (Å²) < 4.78 is 1.66. The molecule has 10 heteroatoms. The molecular formula is C20H24N4O5S. The van der Waals surface area contributed by atoms with Gasteiger partial charge in [-0.25, -0.2) is 9.89 Å². The van der Waals surface area contributed by atoms with E-state index in [9.17, 15) is 20.0 Å². The summed E-state index contributed by atoms with van der Waals surface area (Å²) in [5, 5.41) is 36.2. The van der Waals surface area contributed by atoms with Gasteiger partial charge in [-0.3, -0.25) is 9.59 Å².